The first-order chi connectivity index (χ1) is 11.4. The van der Waals surface area contributed by atoms with Crippen LogP contribution in [0.4, 0.5) is 13.2 Å². The molecule has 7 heteroatoms. The number of alkyl halides is 3. The van der Waals surface area contributed by atoms with E-state index < -0.39 is 22.6 Å². The van der Waals surface area contributed by atoms with Gasteiger partial charge in [0.1, 0.15) is 5.78 Å². The highest BCUT2D eigenvalue weighted by molar-refractivity contribution is 5.92. The van der Waals surface area contributed by atoms with Crippen molar-refractivity contribution in [1.82, 2.24) is 15.2 Å². The van der Waals surface area contributed by atoms with Crippen LogP contribution >= 0.6 is 0 Å². The maximum absolute atomic E-state index is 12.9. The molecule has 0 fully saturated rings. The Labute approximate surface area is 143 Å². The van der Waals surface area contributed by atoms with E-state index in [0.717, 1.165) is 12.1 Å². The number of carbonyl (C=O) groups is 1. The van der Waals surface area contributed by atoms with Crippen molar-refractivity contribution in [3.8, 4) is 11.4 Å². The molecule has 2 aromatic rings. The lowest BCUT2D eigenvalue weighted by atomic mass is 9.66. The summed E-state index contributed by atoms with van der Waals surface area (Å²) in [5, 5.41) is 8.26. The lowest BCUT2D eigenvalue weighted by molar-refractivity contribution is -0.137. The lowest BCUT2D eigenvalue weighted by Gasteiger charge is -2.37. The number of hydrogen-bond donors (Lipinski definition) is 0. The fourth-order valence-electron chi connectivity index (χ4n) is 3.01. The molecule has 4 nitrogen and oxygen atoms in total. The SMILES string of the molecule is CC1(C)CC(=O)C(C)(C)c2nc(-c3cccc(C(F)(F)F)c3)nnc21. The number of Topliss-reactive ketones (excluding diaryl/α,β-unsaturated/α-hetero) is 1. The van der Waals surface area contributed by atoms with E-state index in [0.29, 0.717) is 17.8 Å². The van der Waals surface area contributed by atoms with Gasteiger partial charge in [0, 0.05) is 17.4 Å². The second-order valence-corrected chi connectivity index (χ2v) is 7.52. The number of nitrogens with zero attached hydrogens (tertiary/aromatic N) is 3. The number of ketones is 1. The molecule has 1 heterocycles. The Morgan fingerprint density at radius 1 is 1.04 bits per heavy atom. The van der Waals surface area contributed by atoms with Crippen molar-refractivity contribution in [3.63, 3.8) is 0 Å². The van der Waals surface area contributed by atoms with Gasteiger partial charge in [0.25, 0.3) is 0 Å². The number of carbonyl (C=O) groups excluding carboxylic acids is 1. The summed E-state index contributed by atoms with van der Waals surface area (Å²) in [5.41, 5.74) is -0.811. The summed E-state index contributed by atoms with van der Waals surface area (Å²) in [4.78, 5) is 16.9. The van der Waals surface area contributed by atoms with Gasteiger partial charge in [-0.25, -0.2) is 4.98 Å². The fraction of sp³-hybridized carbons (Fsp3) is 0.444. The standard InChI is InChI=1S/C18H18F3N3O/c1-16(2)9-12(25)17(3,4)14-13(16)23-24-15(22-14)10-6-5-7-11(8-10)18(19,20)21/h5-8H,9H2,1-4H3. The topological polar surface area (TPSA) is 55.7 Å². The molecule has 0 saturated carbocycles. The third-order valence-corrected chi connectivity index (χ3v) is 4.67. The fourth-order valence-corrected chi connectivity index (χ4v) is 3.01. The second-order valence-electron chi connectivity index (χ2n) is 7.52. The van der Waals surface area contributed by atoms with Crippen LogP contribution in [-0.2, 0) is 21.8 Å². The first-order valence-corrected chi connectivity index (χ1v) is 7.89. The Bertz CT molecular complexity index is 857. The van der Waals surface area contributed by atoms with Crippen LogP contribution in [0, 0.1) is 0 Å². The van der Waals surface area contributed by atoms with E-state index in [1.807, 2.05) is 13.8 Å². The number of fused-ring (bicyclic) bond motifs is 1. The molecule has 0 unspecified atom stereocenters. The summed E-state index contributed by atoms with van der Waals surface area (Å²) in [7, 11) is 0. The van der Waals surface area contributed by atoms with Crippen molar-refractivity contribution < 1.29 is 18.0 Å². The van der Waals surface area contributed by atoms with Gasteiger partial charge in [0.15, 0.2) is 5.82 Å². The zero-order chi connectivity index (χ0) is 18.6. The van der Waals surface area contributed by atoms with E-state index >= 15 is 0 Å². The monoisotopic (exact) mass is 349 g/mol. The molecule has 0 atom stereocenters. The minimum Gasteiger partial charge on any atom is -0.299 e. The van der Waals surface area contributed by atoms with Crippen molar-refractivity contribution in [2.75, 3.05) is 0 Å². The van der Waals surface area contributed by atoms with E-state index in [1.165, 1.54) is 12.1 Å². The highest BCUT2D eigenvalue weighted by Crippen LogP contribution is 2.42. The molecule has 1 aliphatic carbocycles. The molecule has 0 N–H and O–H groups in total. The second kappa shape index (κ2) is 5.34. The van der Waals surface area contributed by atoms with Crippen molar-refractivity contribution >= 4 is 5.78 Å². The molecular weight excluding hydrogens is 331 g/mol. The third kappa shape index (κ3) is 2.92. The van der Waals surface area contributed by atoms with E-state index in [4.69, 9.17) is 0 Å². The van der Waals surface area contributed by atoms with Crippen LogP contribution in [0.25, 0.3) is 11.4 Å². The summed E-state index contributed by atoms with van der Waals surface area (Å²) in [6, 6.07) is 4.79. The predicted octanol–water partition coefficient (Wildman–Crippen LogP) is 4.09. The Hall–Kier alpha value is -2.31. The molecule has 1 aliphatic rings. The Balaban J connectivity index is 2.16. The normalized spacial score (nSPS) is 18.8. The number of rotatable bonds is 1. The minimum absolute atomic E-state index is 0.0282. The highest BCUT2D eigenvalue weighted by Gasteiger charge is 2.46. The summed E-state index contributed by atoms with van der Waals surface area (Å²) < 4.78 is 38.8. The van der Waals surface area contributed by atoms with Gasteiger partial charge in [-0.3, -0.25) is 4.79 Å². The molecule has 1 aromatic heterocycles. The zero-order valence-electron chi connectivity index (χ0n) is 14.4. The molecular formula is C18H18F3N3O. The maximum atomic E-state index is 12.9. The van der Waals surface area contributed by atoms with Crippen molar-refractivity contribution in [1.29, 1.82) is 0 Å². The van der Waals surface area contributed by atoms with Crippen molar-refractivity contribution in [2.24, 2.45) is 0 Å². The number of hydrogen-bond acceptors (Lipinski definition) is 4. The first-order valence-electron chi connectivity index (χ1n) is 7.89. The molecule has 0 saturated heterocycles. The van der Waals surface area contributed by atoms with Gasteiger partial charge in [0.2, 0.25) is 0 Å². The molecule has 0 aliphatic heterocycles. The van der Waals surface area contributed by atoms with Gasteiger partial charge in [-0.05, 0) is 26.0 Å². The minimum atomic E-state index is -4.45. The van der Waals surface area contributed by atoms with Gasteiger partial charge in [-0.15, -0.1) is 5.10 Å². The first kappa shape index (κ1) is 17.5. The average Bonchev–Trinajstić information content (AvgIpc) is 2.52. The molecule has 1 aromatic carbocycles. The molecule has 132 valence electrons. The number of aromatic nitrogens is 3. The van der Waals surface area contributed by atoms with Crippen molar-refractivity contribution in [2.45, 2.75) is 51.1 Å². The Kier molecular flexibility index (Phi) is 3.74. The van der Waals surface area contributed by atoms with Gasteiger partial charge in [0.05, 0.1) is 22.4 Å². The summed E-state index contributed by atoms with van der Waals surface area (Å²) >= 11 is 0. The molecule has 0 spiro atoms. The summed E-state index contributed by atoms with van der Waals surface area (Å²) in [6.07, 6.45) is -4.12. The van der Waals surface area contributed by atoms with Gasteiger partial charge >= 0.3 is 6.18 Å². The average molecular weight is 349 g/mol. The number of benzene rings is 1. The van der Waals surface area contributed by atoms with Gasteiger partial charge in [-0.2, -0.15) is 18.3 Å². The van der Waals surface area contributed by atoms with E-state index in [-0.39, 0.29) is 17.2 Å². The van der Waals surface area contributed by atoms with Gasteiger partial charge < -0.3 is 0 Å². The van der Waals surface area contributed by atoms with Crippen LogP contribution in [0.3, 0.4) is 0 Å². The van der Waals surface area contributed by atoms with E-state index in [1.54, 1.807) is 13.8 Å². The highest BCUT2D eigenvalue weighted by atomic mass is 19.4. The van der Waals surface area contributed by atoms with Crippen LogP contribution in [0.5, 0.6) is 0 Å². The Morgan fingerprint density at radius 2 is 1.72 bits per heavy atom. The molecule has 25 heavy (non-hydrogen) atoms. The quantitative estimate of drug-likeness (QED) is 0.778. The van der Waals surface area contributed by atoms with Crippen LogP contribution in [0.15, 0.2) is 24.3 Å². The molecule has 0 radical (unpaired) electrons. The smallest absolute Gasteiger partial charge is 0.299 e. The maximum Gasteiger partial charge on any atom is 0.416 e. The van der Waals surface area contributed by atoms with Crippen LogP contribution in [0.2, 0.25) is 0 Å². The number of halogens is 3. The van der Waals surface area contributed by atoms with Crippen LogP contribution in [0.1, 0.15) is 51.1 Å². The van der Waals surface area contributed by atoms with Crippen LogP contribution < -0.4 is 0 Å². The lowest BCUT2D eigenvalue weighted by Crippen LogP contribution is -2.43. The third-order valence-electron chi connectivity index (χ3n) is 4.67. The van der Waals surface area contributed by atoms with E-state index in [9.17, 15) is 18.0 Å². The molecule has 0 amide bonds. The summed E-state index contributed by atoms with van der Waals surface area (Å²) in [5.74, 6) is 0.115. The predicted molar refractivity (Wildman–Crippen MR) is 85.9 cm³/mol. The molecule has 3 rings (SSSR count). The molecule has 0 bridgehead atoms. The van der Waals surface area contributed by atoms with Crippen molar-refractivity contribution in [3.05, 3.63) is 41.2 Å². The summed E-state index contributed by atoms with van der Waals surface area (Å²) in [6.45, 7) is 7.29. The van der Waals surface area contributed by atoms with Crippen LogP contribution in [-0.4, -0.2) is 21.0 Å². The zero-order valence-corrected chi connectivity index (χ0v) is 14.4. The van der Waals surface area contributed by atoms with E-state index in [2.05, 4.69) is 15.2 Å². The Morgan fingerprint density at radius 3 is 2.36 bits per heavy atom. The van der Waals surface area contributed by atoms with Gasteiger partial charge in [-0.1, -0.05) is 26.0 Å². The largest absolute Gasteiger partial charge is 0.416 e.